The average molecular weight is 497 g/mol. The van der Waals surface area contributed by atoms with Crippen LogP contribution >= 0.6 is 0 Å². The molecule has 208 valence electrons. The summed E-state index contributed by atoms with van der Waals surface area (Å²) in [6.45, 7) is 12.9. The molecule has 0 radical (unpaired) electrons. The van der Waals surface area contributed by atoms with E-state index >= 15 is 0 Å². The molecule has 0 amide bonds. The average Bonchev–Trinajstić information content (AvgIpc) is 2.80. The fraction of sp³-hybridized carbons (Fsp3) is 0.935. The van der Waals surface area contributed by atoms with Crippen LogP contribution in [0.2, 0.25) is 0 Å². The van der Waals surface area contributed by atoms with Crippen molar-refractivity contribution in [2.45, 2.75) is 188 Å². The van der Waals surface area contributed by atoms with Crippen LogP contribution in [0.1, 0.15) is 176 Å². The van der Waals surface area contributed by atoms with Crippen molar-refractivity contribution in [3.05, 3.63) is 0 Å². The van der Waals surface area contributed by atoms with Gasteiger partial charge in [0.1, 0.15) is 17.6 Å². The standard InChI is InChI=1S/C31H60O4/c1-7-11-15-19-23-30(5,24-20-16-12-8-2)34-28(32)27-29(33)35-31(6,25-21-17-13-9-3)26-22-18-14-10-4/h7-27H2,1-6H3. The highest BCUT2D eigenvalue weighted by Crippen LogP contribution is 2.29. The van der Waals surface area contributed by atoms with E-state index in [4.69, 9.17) is 9.47 Å². The molecule has 0 saturated heterocycles. The third-order valence-corrected chi connectivity index (χ3v) is 7.25. The maximum atomic E-state index is 12.8. The molecule has 4 nitrogen and oxygen atoms in total. The van der Waals surface area contributed by atoms with E-state index in [1.54, 1.807) is 0 Å². The molecule has 0 aliphatic rings. The SMILES string of the molecule is CCCCCCC(C)(CCCCCC)OC(=O)CC(=O)OC(C)(CCCCCC)CCCCCC. The maximum absolute atomic E-state index is 12.8. The minimum atomic E-state index is -0.484. The second kappa shape index (κ2) is 21.1. The molecular weight excluding hydrogens is 436 g/mol. The number of hydrogen-bond acceptors (Lipinski definition) is 4. The number of esters is 2. The largest absolute Gasteiger partial charge is 0.459 e. The summed E-state index contributed by atoms with van der Waals surface area (Å²) in [6, 6.07) is 0. The lowest BCUT2D eigenvalue weighted by Gasteiger charge is -2.31. The molecule has 0 atom stereocenters. The maximum Gasteiger partial charge on any atom is 0.317 e. The fourth-order valence-electron chi connectivity index (χ4n) is 4.90. The summed E-state index contributed by atoms with van der Waals surface area (Å²) < 4.78 is 11.9. The monoisotopic (exact) mass is 496 g/mol. The Morgan fingerprint density at radius 2 is 0.714 bits per heavy atom. The van der Waals surface area contributed by atoms with E-state index in [9.17, 15) is 9.59 Å². The van der Waals surface area contributed by atoms with Crippen LogP contribution in [0.5, 0.6) is 0 Å². The molecule has 0 bridgehead atoms. The van der Waals surface area contributed by atoms with Gasteiger partial charge in [-0.2, -0.15) is 0 Å². The second-order valence-electron chi connectivity index (χ2n) is 11.3. The predicted octanol–water partition coefficient (Wildman–Crippen LogP) is 9.86. The summed E-state index contributed by atoms with van der Waals surface area (Å²) in [5.41, 5.74) is -0.967. The first-order chi connectivity index (χ1) is 16.7. The molecule has 0 aliphatic heterocycles. The minimum Gasteiger partial charge on any atom is -0.459 e. The number of hydrogen-bond donors (Lipinski definition) is 0. The van der Waals surface area contributed by atoms with Gasteiger partial charge in [-0.3, -0.25) is 9.59 Å². The van der Waals surface area contributed by atoms with Gasteiger partial charge in [0, 0.05) is 0 Å². The smallest absolute Gasteiger partial charge is 0.317 e. The first-order valence-corrected chi connectivity index (χ1v) is 15.2. The highest BCUT2D eigenvalue weighted by Gasteiger charge is 2.32. The molecule has 0 aliphatic carbocycles. The van der Waals surface area contributed by atoms with Crippen molar-refractivity contribution in [1.29, 1.82) is 0 Å². The lowest BCUT2D eigenvalue weighted by molar-refractivity contribution is -0.171. The van der Waals surface area contributed by atoms with Crippen molar-refractivity contribution in [2.75, 3.05) is 0 Å². The van der Waals surface area contributed by atoms with Crippen LogP contribution in [-0.2, 0) is 19.1 Å². The molecular formula is C31H60O4. The zero-order valence-corrected chi connectivity index (χ0v) is 24.5. The van der Waals surface area contributed by atoms with Gasteiger partial charge in [0.15, 0.2) is 0 Å². The van der Waals surface area contributed by atoms with Crippen LogP contribution in [0.25, 0.3) is 0 Å². The topological polar surface area (TPSA) is 52.6 Å². The number of ether oxygens (including phenoxy) is 2. The van der Waals surface area contributed by atoms with Gasteiger partial charge < -0.3 is 9.47 Å². The summed E-state index contributed by atoms with van der Waals surface area (Å²) in [5, 5.41) is 0. The second-order valence-corrected chi connectivity index (χ2v) is 11.3. The molecule has 4 heteroatoms. The summed E-state index contributed by atoms with van der Waals surface area (Å²) in [7, 11) is 0. The first-order valence-electron chi connectivity index (χ1n) is 15.2. The van der Waals surface area contributed by atoms with E-state index in [1.165, 1.54) is 51.4 Å². The Morgan fingerprint density at radius 1 is 0.457 bits per heavy atom. The van der Waals surface area contributed by atoms with Crippen molar-refractivity contribution >= 4 is 11.9 Å². The molecule has 0 spiro atoms. The Hall–Kier alpha value is -1.06. The quantitative estimate of drug-likeness (QED) is 0.0757. The summed E-state index contributed by atoms with van der Waals surface area (Å²) in [6.07, 6.45) is 21.7. The number of rotatable bonds is 24. The summed E-state index contributed by atoms with van der Waals surface area (Å²) >= 11 is 0. The zero-order valence-electron chi connectivity index (χ0n) is 24.5. The molecule has 0 aromatic heterocycles. The number of carbonyl (C=O) groups is 2. The molecule has 0 aromatic carbocycles. The van der Waals surface area contributed by atoms with Crippen LogP contribution < -0.4 is 0 Å². The minimum absolute atomic E-state index is 0.279. The van der Waals surface area contributed by atoms with Crippen molar-refractivity contribution in [3.63, 3.8) is 0 Å². The lowest BCUT2D eigenvalue weighted by atomic mass is 9.91. The van der Waals surface area contributed by atoms with Crippen LogP contribution in [0.3, 0.4) is 0 Å². The van der Waals surface area contributed by atoms with Crippen LogP contribution in [0.15, 0.2) is 0 Å². The zero-order chi connectivity index (χ0) is 26.4. The van der Waals surface area contributed by atoms with Crippen molar-refractivity contribution in [1.82, 2.24) is 0 Å². The van der Waals surface area contributed by atoms with Gasteiger partial charge in [-0.05, 0) is 65.2 Å². The molecule has 0 N–H and O–H groups in total. The lowest BCUT2D eigenvalue weighted by Crippen LogP contribution is -2.35. The van der Waals surface area contributed by atoms with E-state index < -0.39 is 23.1 Å². The predicted molar refractivity (Wildman–Crippen MR) is 149 cm³/mol. The Labute approximate surface area is 218 Å². The van der Waals surface area contributed by atoms with E-state index in [0.29, 0.717) is 0 Å². The van der Waals surface area contributed by atoms with Gasteiger partial charge in [-0.1, -0.05) is 105 Å². The van der Waals surface area contributed by atoms with E-state index in [2.05, 4.69) is 41.5 Å². The Morgan fingerprint density at radius 3 is 0.943 bits per heavy atom. The first kappa shape index (κ1) is 33.9. The Balaban J connectivity index is 4.92. The van der Waals surface area contributed by atoms with Gasteiger partial charge >= 0.3 is 11.9 Å². The van der Waals surface area contributed by atoms with Gasteiger partial charge in [0.05, 0.1) is 0 Å². The van der Waals surface area contributed by atoms with E-state index in [1.807, 2.05) is 0 Å². The van der Waals surface area contributed by atoms with Crippen LogP contribution in [0.4, 0.5) is 0 Å². The fourth-order valence-corrected chi connectivity index (χ4v) is 4.90. The van der Waals surface area contributed by atoms with Crippen molar-refractivity contribution in [2.24, 2.45) is 0 Å². The third-order valence-electron chi connectivity index (χ3n) is 7.25. The van der Waals surface area contributed by atoms with Crippen LogP contribution in [0, 0.1) is 0 Å². The van der Waals surface area contributed by atoms with Gasteiger partial charge in [-0.25, -0.2) is 0 Å². The molecule has 35 heavy (non-hydrogen) atoms. The number of carbonyl (C=O) groups excluding carboxylic acids is 2. The molecule has 0 saturated carbocycles. The van der Waals surface area contributed by atoms with Crippen LogP contribution in [-0.4, -0.2) is 23.1 Å². The summed E-state index contributed by atoms with van der Waals surface area (Å²) in [4.78, 5) is 25.6. The highest BCUT2D eigenvalue weighted by atomic mass is 16.6. The molecule has 0 aromatic rings. The Kier molecular flexibility index (Phi) is 20.4. The van der Waals surface area contributed by atoms with Gasteiger partial charge in [-0.15, -0.1) is 0 Å². The molecule has 0 heterocycles. The summed E-state index contributed by atoms with van der Waals surface area (Å²) in [5.74, 6) is -0.856. The highest BCUT2D eigenvalue weighted by molar-refractivity contribution is 5.91. The van der Waals surface area contributed by atoms with Crippen molar-refractivity contribution in [3.8, 4) is 0 Å². The van der Waals surface area contributed by atoms with E-state index in [-0.39, 0.29) is 6.42 Å². The molecule has 0 fully saturated rings. The molecule has 0 rings (SSSR count). The number of unbranched alkanes of at least 4 members (excludes halogenated alkanes) is 12. The third kappa shape index (κ3) is 18.8. The van der Waals surface area contributed by atoms with E-state index in [0.717, 1.165) is 77.0 Å². The Bertz CT molecular complexity index is 458. The van der Waals surface area contributed by atoms with Gasteiger partial charge in [0.25, 0.3) is 0 Å². The normalized spacial score (nSPS) is 12.1. The van der Waals surface area contributed by atoms with Crippen molar-refractivity contribution < 1.29 is 19.1 Å². The van der Waals surface area contributed by atoms with Gasteiger partial charge in [0.2, 0.25) is 0 Å². The molecule has 0 unspecified atom stereocenters.